The zero-order valence-electron chi connectivity index (χ0n) is 10.6. The van der Waals surface area contributed by atoms with Gasteiger partial charge in [0.05, 0.1) is 16.6 Å². The molecular weight excluding hydrogens is 358 g/mol. The van der Waals surface area contributed by atoms with E-state index in [9.17, 15) is 10.1 Å². The molecule has 0 unspecified atom stereocenters. The van der Waals surface area contributed by atoms with Crippen LogP contribution >= 0.6 is 27.5 Å². The highest BCUT2D eigenvalue weighted by Crippen LogP contribution is 2.27. The highest BCUT2D eigenvalue weighted by atomic mass is 79.9. The molecule has 2 aromatic rings. The normalized spacial score (nSPS) is 9.95. The van der Waals surface area contributed by atoms with Gasteiger partial charge in [0.2, 0.25) is 0 Å². The maximum Gasteiger partial charge on any atom is 0.293 e. The first-order valence-electron chi connectivity index (χ1n) is 5.87. The number of anilines is 1. The number of hydrogen-bond donors (Lipinski definition) is 1. The van der Waals surface area contributed by atoms with Crippen molar-refractivity contribution in [3.8, 4) is 6.07 Å². The molecule has 0 atom stereocenters. The van der Waals surface area contributed by atoms with Crippen LogP contribution in [-0.4, -0.2) is 4.92 Å². The maximum absolute atomic E-state index is 11.0. The molecule has 0 fully saturated rings. The fraction of sp³-hybridized carbons (Fsp3) is 0.0714. The van der Waals surface area contributed by atoms with Crippen molar-refractivity contribution < 1.29 is 4.92 Å². The summed E-state index contributed by atoms with van der Waals surface area (Å²) in [5, 5.41) is 23.4. The summed E-state index contributed by atoms with van der Waals surface area (Å²) in [6.07, 6.45) is 0. The van der Waals surface area contributed by atoms with Crippen LogP contribution < -0.4 is 5.32 Å². The minimum atomic E-state index is -0.518. The molecule has 0 aromatic heterocycles. The fourth-order valence-corrected chi connectivity index (χ4v) is 2.35. The van der Waals surface area contributed by atoms with E-state index in [0.29, 0.717) is 17.3 Å². The van der Waals surface area contributed by atoms with Gasteiger partial charge in [0.1, 0.15) is 5.69 Å². The van der Waals surface area contributed by atoms with Gasteiger partial charge in [-0.15, -0.1) is 0 Å². The minimum absolute atomic E-state index is 0.132. The lowest BCUT2D eigenvalue weighted by atomic mass is 10.1. The number of nitriles is 1. The number of hydrogen-bond acceptors (Lipinski definition) is 4. The van der Waals surface area contributed by atoms with Crippen LogP contribution in [0.3, 0.4) is 0 Å². The predicted molar refractivity (Wildman–Crippen MR) is 84.3 cm³/mol. The lowest BCUT2D eigenvalue weighted by Gasteiger charge is -2.09. The van der Waals surface area contributed by atoms with Crippen molar-refractivity contribution in [1.82, 2.24) is 0 Å². The van der Waals surface area contributed by atoms with E-state index in [1.165, 1.54) is 18.2 Å². The molecule has 106 valence electrons. The first-order valence-corrected chi connectivity index (χ1v) is 7.04. The summed E-state index contributed by atoms with van der Waals surface area (Å²) in [5.74, 6) is 0. The van der Waals surface area contributed by atoms with E-state index < -0.39 is 4.92 Å². The molecule has 0 spiro atoms. The van der Waals surface area contributed by atoms with Gasteiger partial charge in [-0.05, 0) is 35.9 Å². The van der Waals surface area contributed by atoms with Crippen LogP contribution in [0.2, 0.25) is 5.02 Å². The first kappa shape index (κ1) is 15.3. The van der Waals surface area contributed by atoms with Gasteiger partial charge in [0.25, 0.3) is 5.69 Å². The van der Waals surface area contributed by atoms with E-state index >= 15 is 0 Å². The summed E-state index contributed by atoms with van der Waals surface area (Å²) >= 11 is 9.33. The van der Waals surface area contributed by atoms with Crippen molar-refractivity contribution >= 4 is 38.9 Å². The molecule has 2 aromatic carbocycles. The summed E-state index contributed by atoms with van der Waals surface area (Å²) in [6, 6.07) is 11.5. The van der Waals surface area contributed by atoms with Gasteiger partial charge in [-0.3, -0.25) is 10.1 Å². The van der Waals surface area contributed by atoms with Gasteiger partial charge in [-0.1, -0.05) is 27.5 Å². The van der Waals surface area contributed by atoms with Crippen LogP contribution in [0.1, 0.15) is 11.1 Å². The number of nitro groups is 1. The second-order valence-corrected chi connectivity index (χ2v) is 5.48. The zero-order valence-corrected chi connectivity index (χ0v) is 13.0. The van der Waals surface area contributed by atoms with Crippen LogP contribution in [0.4, 0.5) is 11.4 Å². The van der Waals surface area contributed by atoms with Crippen LogP contribution in [-0.2, 0) is 6.54 Å². The first-order chi connectivity index (χ1) is 10.0. The minimum Gasteiger partial charge on any atom is -0.375 e. The van der Waals surface area contributed by atoms with Crippen molar-refractivity contribution in [3.05, 3.63) is 67.1 Å². The highest BCUT2D eigenvalue weighted by Gasteiger charge is 2.14. The average Bonchev–Trinajstić information content (AvgIpc) is 2.48. The Kier molecular flexibility index (Phi) is 4.78. The Morgan fingerprint density at radius 3 is 2.76 bits per heavy atom. The number of nitrogens with one attached hydrogen (secondary N) is 1. The molecule has 2 rings (SSSR count). The average molecular weight is 367 g/mol. The molecule has 5 nitrogen and oxygen atoms in total. The molecular formula is C14H9BrClN3O2. The molecule has 0 bridgehead atoms. The van der Waals surface area contributed by atoms with Crippen LogP contribution in [0, 0.1) is 21.4 Å². The summed E-state index contributed by atoms with van der Waals surface area (Å²) in [5.41, 5.74) is 1.34. The van der Waals surface area contributed by atoms with Crippen LogP contribution in [0.25, 0.3) is 0 Å². The molecule has 0 aliphatic rings. The van der Waals surface area contributed by atoms with Crippen LogP contribution in [0.5, 0.6) is 0 Å². The Morgan fingerprint density at radius 2 is 2.10 bits per heavy atom. The van der Waals surface area contributed by atoms with Gasteiger partial charge in [-0.25, -0.2) is 0 Å². The largest absolute Gasteiger partial charge is 0.375 e. The van der Waals surface area contributed by atoms with Crippen molar-refractivity contribution in [2.45, 2.75) is 6.54 Å². The maximum atomic E-state index is 11.0. The number of nitrogens with zero attached hydrogens (tertiary/aromatic N) is 2. The third kappa shape index (κ3) is 3.72. The van der Waals surface area contributed by atoms with E-state index in [-0.39, 0.29) is 11.3 Å². The molecule has 21 heavy (non-hydrogen) atoms. The summed E-state index contributed by atoms with van der Waals surface area (Å²) < 4.78 is 0.857. The molecule has 0 aliphatic heterocycles. The zero-order chi connectivity index (χ0) is 15.4. The second kappa shape index (κ2) is 6.57. The third-order valence-electron chi connectivity index (χ3n) is 2.80. The highest BCUT2D eigenvalue weighted by molar-refractivity contribution is 9.10. The SMILES string of the molecule is N#Cc1ccc(NCc2cc(Cl)ccc2Br)c([N+](=O)[O-])c1. The quantitative estimate of drug-likeness (QED) is 0.638. The molecule has 0 saturated carbocycles. The summed E-state index contributed by atoms with van der Waals surface area (Å²) in [7, 11) is 0. The molecule has 0 radical (unpaired) electrons. The van der Waals surface area contributed by atoms with E-state index in [0.717, 1.165) is 10.0 Å². The lowest BCUT2D eigenvalue weighted by Crippen LogP contribution is -2.03. The Labute approximate surface area is 134 Å². The van der Waals surface area contributed by atoms with Gasteiger partial charge in [0, 0.05) is 22.1 Å². The molecule has 1 N–H and O–H groups in total. The number of benzene rings is 2. The van der Waals surface area contributed by atoms with Gasteiger partial charge in [0.15, 0.2) is 0 Å². The fourth-order valence-electron chi connectivity index (χ4n) is 1.77. The Hall–Kier alpha value is -2.10. The Balaban J connectivity index is 2.26. The van der Waals surface area contributed by atoms with E-state index in [1.54, 1.807) is 12.1 Å². The van der Waals surface area contributed by atoms with Crippen molar-refractivity contribution in [1.29, 1.82) is 5.26 Å². The third-order valence-corrected chi connectivity index (χ3v) is 3.81. The lowest BCUT2D eigenvalue weighted by molar-refractivity contribution is -0.384. The monoisotopic (exact) mass is 365 g/mol. The summed E-state index contributed by atoms with van der Waals surface area (Å²) in [4.78, 5) is 10.5. The molecule has 0 amide bonds. The van der Waals surface area contributed by atoms with E-state index in [1.807, 2.05) is 12.1 Å². The number of nitro benzene ring substituents is 1. The standard InChI is InChI=1S/C14H9BrClN3O2/c15-12-3-2-11(16)6-10(12)8-18-13-4-1-9(7-17)5-14(13)19(20)21/h1-6,18H,8H2. The van der Waals surface area contributed by atoms with Gasteiger partial charge >= 0.3 is 0 Å². The Morgan fingerprint density at radius 1 is 1.33 bits per heavy atom. The van der Waals surface area contributed by atoms with E-state index in [2.05, 4.69) is 21.2 Å². The smallest absolute Gasteiger partial charge is 0.293 e. The van der Waals surface area contributed by atoms with Crippen molar-refractivity contribution in [3.63, 3.8) is 0 Å². The second-order valence-electron chi connectivity index (χ2n) is 4.19. The molecule has 7 heteroatoms. The van der Waals surface area contributed by atoms with Crippen molar-refractivity contribution in [2.24, 2.45) is 0 Å². The van der Waals surface area contributed by atoms with Gasteiger partial charge < -0.3 is 5.32 Å². The predicted octanol–water partition coefficient (Wildman–Crippen LogP) is 4.49. The number of rotatable bonds is 4. The van der Waals surface area contributed by atoms with Crippen LogP contribution in [0.15, 0.2) is 40.9 Å². The molecule has 0 saturated heterocycles. The van der Waals surface area contributed by atoms with Gasteiger partial charge in [-0.2, -0.15) is 5.26 Å². The Bertz CT molecular complexity index is 743. The van der Waals surface area contributed by atoms with E-state index in [4.69, 9.17) is 16.9 Å². The number of halogens is 2. The summed E-state index contributed by atoms with van der Waals surface area (Å²) in [6.45, 7) is 0.369. The molecule has 0 heterocycles. The van der Waals surface area contributed by atoms with Crippen molar-refractivity contribution in [2.75, 3.05) is 5.32 Å². The molecule has 0 aliphatic carbocycles. The topological polar surface area (TPSA) is 79.0 Å².